The summed E-state index contributed by atoms with van der Waals surface area (Å²) < 4.78 is 10.4. The van der Waals surface area contributed by atoms with Crippen LogP contribution in [0.4, 0.5) is 5.69 Å². The number of carbonyl (C=O) groups excluding carboxylic acids is 1. The summed E-state index contributed by atoms with van der Waals surface area (Å²) in [6.07, 6.45) is 1.51. The van der Waals surface area contributed by atoms with E-state index in [2.05, 4.69) is 10.5 Å². The van der Waals surface area contributed by atoms with E-state index in [-0.39, 0.29) is 12.5 Å². The average Bonchev–Trinajstić information content (AvgIpc) is 2.62. The lowest BCUT2D eigenvalue weighted by Crippen LogP contribution is -2.17. The molecule has 0 fully saturated rings. The minimum atomic E-state index is -0.266. The van der Waals surface area contributed by atoms with Crippen molar-refractivity contribution in [1.29, 1.82) is 0 Å². The number of benzene rings is 2. The molecule has 0 aliphatic rings. The highest BCUT2D eigenvalue weighted by atomic mass is 16.6. The van der Waals surface area contributed by atoms with Crippen LogP contribution in [0.15, 0.2) is 41.6 Å². The number of rotatable bonds is 7. The van der Waals surface area contributed by atoms with Gasteiger partial charge in [0, 0.05) is 11.3 Å². The number of nitrogens with zero attached hydrogens (tertiary/aromatic N) is 1. The van der Waals surface area contributed by atoms with Gasteiger partial charge in [-0.25, -0.2) is 0 Å². The number of ether oxygens (including phenoxy) is 2. The standard InChI is InChI=1S/C19H22N2O4/c1-13-6-5-7-16(14(13)2)21-19(22)12-25-20-11-15-8-9-17(23-3)18(10-15)24-4/h5-11H,12H2,1-4H3,(H,21,22). The van der Waals surface area contributed by atoms with Crippen molar-refractivity contribution in [1.82, 2.24) is 0 Å². The number of aryl methyl sites for hydroxylation is 1. The van der Waals surface area contributed by atoms with E-state index in [0.717, 1.165) is 22.4 Å². The maximum Gasteiger partial charge on any atom is 0.265 e. The second-order valence-corrected chi connectivity index (χ2v) is 5.42. The first-order valence-corrected chi connectivity index (χ1v) is 7.78. The number of hydrogen-bond donors (Lipinski definition) is 1. The summed E-state index contributed by atoms with van der Waals surface area (Å²) in [7, 11) is 3.14. The molecule has 0 aliphatic carbocycles. The lowest BCUT2D eigenvalue weighted by molar-refractivity contribution is -0.120. The molecule has 0 aliphatic heterocycles. The molecule has 0 unspecified atom stereocenters. The Kier molecular flexibility index (Phi) is 6.39. The minimum Gasteiger partial charge on any atom is -0.493 e. The van der Waals surface area contributed by atoms with Crippen LogP contribution in [-0.4, -0.2) is 32.9 Å². The van der Waals surface area contributed by atoms with Crippen molar-refractivity contribution in [2.75, 3.05) is 26.1 Å². The monoisotopic (exact) mass is 342 g/mol. The Bertz CT molecular complexity index is 772. The van der Waals surface area contributed by atoms with Gasteiger partial charge in [-0.05, 0) is 49.2 Å². The van der Waals surface area contributed by atoms with Crippen molar-refractivity contribution in [3.63, 3.8) is 0 Å². The molecule has 0 saturated carbocycles. The Morgan fingerprint density at radius 3 is 2.60 bits per heavy atom. The fourth-order valence-corrected chi connectivity index (χ4v) is 2.20. The number of nitrogens with one attached hydrogen (secondary N) is 1. The average molecular weight is 342 g/mol. The SMILES string of the molecule is COc1ccc(C=NOCC(=O)Nc2cccc(C)c2C)cc1OC. The third-order valence-electron chi connectivity index (χ3n) is 3.76. The van der Waals surface area contributed by atoms with Gasteiger partial charge in [0.15, 0.2) is 18.1 Å². The maximum atomic E-state index is 11.9. The van der Waals surface area contributed by atoms with E-state index in [1.807, 2.05) is 38.1 Å². The van der Waals surface area contributed by atoms with Crippen LogP contribution in [0.3, 0.4) is 0 Å². The largest absolute Gasteiger partial charge is 0.493 e. The minimum absolute atomic E-state index is 0.169. The number of anilines is 1. The fraction of sp³-hybridized carbons (Fsp3) is 0.263. The number of amides is 1. The van der Waals surface area contributed by atoms with Crippen molar-refractivity contribution < 1.29 is 19.1 Å². The molecule has 0 bridgehead atoms. The predicted molar refractivity (Wildman–Crippen MR) is 97.6 cm³/mol. The second kappa shape index (κ2) is 8.73. The lowest BCUT2D eigenvalue weighted by atomic mass is 10.1. The van der Waals surface area contributed by atoms with Gasteiger partial charge in [-0.15, -0.1) is 0 Å². The van der Waals surface area contributed by atoms with Gasteiger partial charge in [-0.1, -0.05) is 17.3 Å². The van der Waals surface area contributed by atoms with E-state index in [1.165, 1.54) is 6.21 Å². The van der Waals surface area contributed by atoms with Gasteiger partial charge in [-0.2, -0.15) is 0 Å². The summed E-state index contributed by atoms with van der Waals surface area (Å²) in [5.41, 5.74) is 3.69. The van der Waals surface area contributed by atoms with Crippen molar-refractivity contribution in [2.24, 2.45) is 5.16 Å². The molecule has 2 rings (SSSR count). The van der Waals surface area contributed by atoms with Crippen molar-refractivity contribution in [3.05, 3.63) is 53.1 Å². The molecular formula is C19H22N2O4. The number of oxime groups is 1. The number of methoxy groups -OCH3 is 2. The predicted octanol–water partition coefficient (Wildman–Crippen LogP) is 3.31. The van der Waals surface area contributed by atoms with Gasteiger partial charge in [0.2, 0.25) is 0 Å². The molecule has 0 heterocycles. The van der Waals surface area contributed by atoms with Gasteiger partial charge < -0.3 is 19.6 Å². The number of hydrogen-bond acceptors (Lipinski definition) is 5. The zero-order valence-corrected chi connectivity index (χ0v) is 14.8. The highest BCUT2D eigenvalue weighted by molar-refractivity contribution is 5.92. The van der Waals surface area contributed by atoms with Crippen LogP contribution >= 0.6 is 0 Å². The molecule has 0 radical (unpaired) electrons. The van der Waals surface area contributed by atoms with Gasteiger partial charge in [-0.3, -0.25) is 4.79 Å². The molecule has 0 atom stereocenters. The van der Waals surface area contributed by atoms with Crippen LogP contribution in [0.25, 0.3) is 0 Å². The Labute approximate surface area is 147 Å². The zero-order valence-electron chi connectivity index (χ0n) is 14.8. The quantitative estimate of drug-likeness (QED) is 0.619. The molecule has 6 nitrogen and oxygen atoms in total. The van der Waals surface area contributed by atoms with E-state index < -0.39 is 0 Å². The van der Waals surface area contributed by atoms with Crippen LogP contribution in [0.5, 0.6) is 11.5 Å². The van der Waals surface area contributed by atoms with E-state index >= 15 is 0 Å². The van der Waals surface area contributed by atoms with Gasteiger partial charge >= 0.3 is 0 Å². The van der Waals surface area contributed by atoms with Crippen LogP contribution in [0.2, 0.25) is 0 Å². The van der Waals surface area contributed by atoms with Gasteiger partial charge in [0.1, 0.15) is 0 Å². The highest BCUT2D eigenvalue weighted by Crippen LogP contribution is 2.26. The Morgan fingerprint density at radius 2 is 1.88 bits per heavy atom. The van der Waals surface area contributed by atoms with Crippen LogP contribution in [0, 0.1) is 13.8 Å². The summed E-state index contributed by atoms with van der Waals surface area (Å²) in [6, 6.07) is 11.1. The molecule has 2 aromatic rings. The first-order valence-electron chi connectivity index (χ1n) is 7.78. The summed E-state index contributed by atoms with van der Waals surface area (Å²) in [5.74, 6) is 0.964. The molecule has 2 aromatic carbocycles. The Balaban J connectivity index is 1.88. The summed E-state index contributed by atoms with van der Waals surface area (Å²) in [5, 5.41) is 6.62. The van der Waals surface area contributed by atoms with Gasteiger partial charge in [0.25, 0.3) is 5.91 Å². The van der Waals surface area contributed by atoms with E-state index in [1.54, 1.807) is 26.4 Å². The van der Waals surface area contributed by atoms with E-state index in [4.69, 9.17) is 14.3 Å². The zero-order chi connectivity index (χ0) is 18.2. The second-order valence-electron chi connectivity index (χ2n) is 5.42. The Morgan fingerprint density at radius 1 is 1.12 bits per heavy atom. The summed E-state index contributed by atoms with van der Waals surface area (Å²) in [6.45, 7) is 3.78. The highest BCUT2D eigenvalue weighted by Gasteiger charge is 2.06. The normalized spacial score (nSPS) is 10.6. The van der Waals surface area contributed by atoms with E-state index in [9.17, 15) is 4.79 Å². The molecule has 132 valence electrons. The molecule has 6 heteroatoms. The molecule has 0 aromatic heterocycles. The molecule has 1 N–H and O–H groups in total. The maximum absolute atomic E-state index is 11.9. The molecule has 1 amide bonds. The van der Waals surface area contributed by atoms with E-state index in [0.29, 0.717) is 11.5 Å². The lowest BCUT2D eigenvalue weighted by Gasteiger charge is -2.09. The molecule has 0 spiro atoms. The van der Waals surface area contributed by atoms with Crippen LogP contribution in [-0.2, 0) is 9.63 Å². The third-order valence-corrected chi connectivity index (χ3v) is 3.76. The van der Waals surface area contributed by atoms with Crippen LogP contribution < -0.4 is 14.8 Å². The first kappa shape index (κ1) is 18.3. The smallest absolute Gasteiger partial charge is 0.265 e. The first-order chi connectivity index (χ1) is 12.0. The molecular weight excluding hydrogens is 320 g/mol. The summed E-state index contributed by atoms with van der Waals surface area (Å²) in [4.78, 5) is 17.0. The summed E-state index contributed by atoms with van der Waals surface area (Å²) >= 11 is 0. The van der Waals surface area contributed by atoms with Gasteiger partial charge in [0.05, 0.1) is 20.4 Å². The van der Waals surface area contributed by atoms with Crippen LogP contribution in [0.1, 0.15) is 16.7 Å². The molecule has 25 heavy (non-hydrogen) atoms. The molecule has 0 saturated heterocycles. The van der Waals surface area contributed by atoms with Crippen molar-refractivity contribution >= 4 is 17.8 Å². The topological polar surface area (TPSA) is 69.2 Å². The Hall–Kier alpha value is -3.02. The number of carbonyl (C=O) groups is 1. The van der Waals surface area contributed by atoms with Crippen molar-refractivity contribution in [2.45, 2.75) is 13.8 Å². The fourth-order valence-electron chi connectivity index (χ4n) is 2.20. The van der Waals surface area contributed by atoms with Crippen molar-refractivity contribution in [3.8, 4) is 11.5 Å². The third kappa shape index (κ3) is 4.97.